The van der Waals surface area contributed by atoms with Crippen LogP contribution in [-0.4, -0.2) is 18.5 Å². The zero-order valence-electron chi connectivity index (χ0n) is 10.2. The summed E-state index contributed by atoms with van der Waals surface area (Å²) in [5.74, 6) is -3.51. The molecule has 6 heteroatoms. The second-order valence-electron chi connectivity index (χ2n) is 3.90. The van der Waals surface area contributed by atoms with Crippen LogP contribution < -0.4 is 10.6 Å². The van der Waals surface area contributed by atoms with Gasteiger partial charge in [0.2, 0.25) is 5.91 Å². The number of amides is 1. The van der Waals surface area contributed by atoms with Gasteiger partial charge in [-0.2, -0.15) is 0 Å². The summed E-state index contributed by atoms with van der Waals surface area (Å²) in [5, 5.41) is 4.97. The van der Waals surface area contributed by atoms with Crippen molar-refractivity contribution in [2.75, 3.05) is 11.9 Å². The molecule has 0 heterocycles. The summed E-state index contributed by atoms with van der Waals surface area (Å²) >= 11 is 0. The van der Waals surface area contributed by atoms with Crippen LogP contribution in [0.1, 0.15) is 20.3 Å². The van der Waals surface area contributed by atoms with Gasteiger partial charge in [-0.15, -0.1) is 0 Å². The number of nitrogens with one attached hydrogen (secondary N) is 2. The highest BCUT2D eigenvalue weighted by molar-refractivity contribution is 5.84. The predicted octanol–water partition coefficient (Wildman–Crippen LogP) is 2.43. The van der Waals surface area contributed by atoms with Gasteiger partial charge in [0, 0.05) is 18.7 Å². The predicted molar refractivity (Wildman–Crippen MR) is 62.7 cm³/mol. The summed E-state index contributed by atoms with van der Waals surface area (Å²) in [5.41, 5.74) is -0.504. The van der Waals surface area contributed by atoms with E-state index < -0.39 is 29.2 Å². The zero-order chi connectivity index (χ0) is 13.7. The second kappa shape index (κ2) is 6.28. The number of anilines is 1. The maximum atomic E-state index is 13.3. The van der Waals surface area contributed by atoms with Crippen LogP contribution in [0.5, 0.6) is 0 Å². The minimum atomic E-state index is -1.07. The average molecular weight is 260 g/mol. The molecule has 0 saturated heterocycles. The number of hydrogen-bond acceptors (Lipinski definition) is 2. The topological polar surface area (TPSA) is 41.1 Å². The van der Waals surface area contributed by atoms with Gasteiger partial charge in [0.15, 0.2) is 11.6 Å². The van der Waals surface area contributed by atoms with Crippen LogP contribution >= 0.6 is 0 Å². The van der Waals surface area contributed by atoms with E-state index in [0.717, 1.165) is 6.42 Å². The maximum Gasteiger partial charge on any atom is 0.242 e. The third-order valence-corrected chi connectivity index (χ3v) is 2.31. The van der Waals surface area contributed by atoms with E-state index >= 15 is 0 Å². The van der Waals surface area contributed by atoms with Crippen LogP contribution in [0.15, 0.2) is 12.1 Å². The van der Waals surface area contributed by atoms with E-state index in [-0.39, 0.29) is 5.91 Å². The number of benzene rings is 1. The Morgan fingerprint density at radius 3 is 2.33 bits per heavy atom. The maximum absolute atomic E-state index is 13.3. The molecule has 1 aromatic carbocycles. The molecular weight excluding hydrogens is 245 g/mol. The smallest absolute Gasteiger partial charge is 0.242 e. The van der Waals surface area contributed by atoms with Gasteiger partial charge in [-0.3, -0.25) is 4.79 Å². The third kappa shape index (κ3) is 3.65. The van der Waals surface area contributed by atoms with Gasteiger partial charge >= 0.3 is 0 Å². The van der Waals surface area contributed by atoms with Gasteiger partial charge in [-0.1, -0.05) is 6.92 Å². The van der Waals surface area contributed by atoms with Crippen molar-refractivity contribution >= 4 is 11.6 Å². The lowest BCUT2D eigenvalue weighted by Gasteiger charge is -2.16. The Hall–Kier alpha value is -1.72. The highest BCUT2D eigenvalue weighted by atomic mass is 19.1. The molecule has 18 heavy (non-hydrogen) atoms. The summed E-state index contributed by atoms with van der Waals surface area (Å²) < 4.78 is 39.3. The van der Waals surface area contributed by atoms with Crippen LogP contribution in [0, 0.1) is 17.5 Å². The Balaban J connectivity index is 2.75. The number of hydrogen-bond donors (Lipinski definition) is 2. The van der Waals surface area contributed by atoms with Crippen LogP contribution in [0.2, 0.25) is 0 Å². The lowest BCUT2D eigenvalue weighted by atomic mass is 10.2. The van der Waals surface area contributed by atoms with Crippen LogP contribution in [0.25, 0.3) is 0 Å². The lowest BCUT2D eigenvalue weighted by Crippen LogP contribution is -2.38. The largest absolute Gasteiger partial charge is 0.369 e. The Labute approximate surface area is 103 Å². The standard InChI is InChI=1S/C12H15F3N2O/c1-3-4-16-12(18)7(2)17-11-9(14)5-8(13)6-10(11)15/h5-7,17H,3-4H2,1-2H3,(H,16,18). The molecule has 0 fully saturated rings. The van der Waals surface area contributed by atoms with Crippen molar-refractivity contribution in [2.24, 2.45) is 0 Å². The number of carbonyl (C=O) groups excluding carboxylic acids is 1. The molecule has 0 aliphatic carbocycles. The lowest BCUT2D eigenvalue weighted by molar-refractivity contribution is -0.121. The van der Waals surface area contributed by atoms with Crippen molar-refractivity contribution < 1.29 is 18.0 Å². The van der Waals surface area contributed by atoms with Crippen molar-refractivity contribution in [3.63, 3.8) is 0 Å². The third-order valence-electron chi connectivity index (χ3n) is 2.31. The van der Waals surface area contributed by atoms with E-state index in [2.05, 4.69) is 10.6 Å². The van der Waals surface area contributed by atoms with Crippen molar-refractivity contribution in [2.45, 2.75) is 26.3 Å². The molecule has 0 aliphatic rings. The molecule has 0 bridgehead atoms. The van der Waals surface area contributed by atoms with Crippen LogP contribution in [0.4, 0.5) is 18.9 Å². The quantitative estimate of drug-likeness (QED) is 0.853. The average Bonchev–Trinajstić information content (AvgIpc) is 2.30. The van der Waals surface area contributed by atoms with Gasteiger partial charge < -0.3 is 10.6 Å². The van der Waals surface area contributed by atoms with Crippen molar-refractivity contribution in [3.8, 4) is 0 Å². The van der Waals surface area contributed by atoms with E-state index in [4.69, 9.17) is 0 Å². The van der Waals surface area contributed by atoms with Gasteiger partial charge in [-0.05, 0) is 13.3 Å². The molecule has 2 N–H and O–H groups in total. The first-order valence-electron chi connectivity index (χ1n) is 5.64. The fourth-order valence-electron chi connectivity index (χ4n) is 1.36. The molecule has 1 aromatic rings. The Morgan fingerprint density at radius 2 is 1.83 bits per heavy atom. The van der Waals surface area contributed by atoms with Crippen molar-refractivity contribution in [3.05, 3.63) is 29.6 Å². The first-order chi connectivity index (χ1) is 8.45. The molecule has 1 amide bonds. The molecule has 0 aliphatic heterocycles. The minimum absolute atomic E-state index is 0.375. The highest BCUT2D eigenvalue weighted by Gasteiger charge is 2.17. The Kier molecular flexibility index (Phi) is 5.00. The fraction of sp³-hybridized carbons (Fsp3) is 0.417. The molecule has 1 atom stereocenters. The summed E-state index contributed by atoms with van der Waals surface area (Å²) in [4.78, 5) is 11.5. The van der Waals surface area contributed by atoms with Crippen LogP contribution in [0.3, 0.4) is 0 Å². The van der Waals surface area contributed by atoms with Gasteiger partial charge in [-0.25, -0.2) is 13.2 Å². The molecule has 3 nitrogen and oxygen atoms in total. The summed E-state index contributed by atoms with van der Waals surface area (Å²) in [7, 11) is 0. The monoisotopic (exact) mass is 260 g/mol. The number of halogens is 3. The summed E-state index contributed by atoms with van der Waals surface area (Å²) in [6.45, 7) is 3.84. The van der Waals surface area contributed by atoms with Gasteiger partial charge in [0.1, 0.15) is 17.5 Å². The van der Waals surface area contributed by atoms with Gasteiger partial charge in [0.25, 0.3) is 0 Å². The van der Waals surface area contributed by atoms with E-state index in [9.17, 15) is 18.0 Å². The number of carbonyl (C=O) groups is 1. The SMILES string of the molecule is CCCNC(=O)C(C)Nc1c(F)cc(F)cc1F. The molecule has 0 saturated carbocycles. The minimum Gasteiger partial charge on any atom is -0.369 e. The molecule has 100 valence electrons. The van der Waals surface area contributed by atoms with Crippen molar-refractivity contribution in [1.82, 2.24) is 5.32 Å². The molecule has 0 radical (unpaired) electrons. The van der Waals surface area contributed by atoms with E-state index in [1.807, 2.05) is 6.92 Å². The molecule has 0 spiro atoms. The Bertz CT molecular complexity index is 414. The summed E-state index contributed by atoms with van der Waals surface area (Å²) in [6, 6.07) is 0.301. The normalized spacial score (nSPS) is 12.1. The summed E-state index contributed by atoms with van der Waals surface area (Å²) in [6.07, 6.45) is 0.762. The van der Waals surface area contributed by atoms with Crippen molar-refractivity contribution in [1.29, 1.82) is 0 Å². The van der Waals surface area contributed by atoms with E-state index in [1.165, 1.54) is 6.92 Å². The van der Waals surface area contributed by atoms with E-state index in [0.29, 0.717) is 18.7 Å². The first-order valence-corrected chi connectivity index (χ1v) is 5.64. The second-order valence-corrected chi connectivity index (χ2v) is 3.90. The first kappa shape index (κ1) is 14.3. The molecule has 1 rings (SSSR count). The van der Waals surface area contributed by atoms with Gasteiger partial charge in [0.05, 0.1) is 0 Å². The Morgan fingerprint density at radius 1 is 1.28 bits per heavy atom. The zero-order valence-corrected chi connectivity index (χ0v) is 10.2. The highest BCUT2D eigenvalue weighted by Crippen LogP contribution is 2.20. The fourth-order valence-corrected chi connectivity index (χ4v) is 1.36. The van der Waals surface area contributed by atoms with E-state index in [1.54, 1.807) is 0 Å². The number of rotatable bonds is 5. The molecule has 1 unspecified atom stereocenters. The molecule has 0 aromatic heterocycles. The molecular formula is C12H15F3N2O. The van der Waals surface area contributed by atoms with Crippen LogP contribution in [-0.2, 0) is 4.79 Å².